The Morgan fingerprint density at radius 1 is 0.793 bits per heavy atom. The van der Waals surface area contributed by atoms with E-state index in [0.717, 1.165) is 48.2 Å². The van der Waals surface area contributed by atoms with E-state index in [9.17, 15) is 8.78 Å². The summed E-state index contributed by atoms with van der Waals surface area (Å²) in [7, 11) is 0. The molecule has 4 rings (SSSR count). The smallest absolute Gasteiger partial charge is 0.123 e. The lowest BCUT2D eigenvalue weighted by Crippen LogP contribution is -2.42. The molecule has 0 bridgehead atoms. The maximum atomic E-state index is 13.8. The van der Waals surface area contributed by atoms with E-state index in [1.807, 2.05) is 24.3 Å². The molecule has 1 fully saturated rings. The van der Waals surface area contributed by atoms with Gasteiger partial charge in [-0.25, -0.2) is 8.78 Å². The van der Waals surface area contributed by atoms with Crippen LogP contribution in [0.1, 0.15) is 24.0 Å². The van der Waals surface area contributed by atoms with Crippen LogP contribution in [0, 0.1) is 11.6 Å². The summed E-state index contributed by atoms with van der Waals surface area (Å²) in [4.78, 5) is 0. The summed E-state index contributed by atoms with van der Waals surface area (Å²) in [5, 5.41) is 3.56. The normalized spacial score (nSPS) is 15.9. The molecule has 0 aliphatic carbocycles. The van der Waals surface area contributed by atoms with Crippen molar-refractivity contribution < 1.29 is 13.5 Å². The van der Waals surface area contributed by atoms with Gasteiger partial charge in [0.1, 0.15) is 11.6 Å². The van der Waals surface area contributed by atoms with Crippen molar-refractivity contribution in [3.05, 3.63) is 95.6 Å². The number of rotatable bonds is 6. The molecule has 0 unspecified atom stereocenters. The first-order valence-corrected chi connectivity index (χ1v) is 10.0. The molecule has 0 spiro atoms. The summed E-state index contributed by atoms with van der Waals surface area (Å²) in [6.45, 7) is 2.88. The lowest BCUT2D eigenvalue weighted by molar-refractivity contribution is 0.0497. The Balaban J connectivity index is 1.42. The number of halogens is 2. The molecule has 2 nitrogen and oxygen atoms in total. The molecule has 1 aliphatic heterocycles. The fourth-order valence-electron chi connectivity index (χ4n) is 4.08. The lowest BCUT2D eigenvalue weighted by Gasteiger charge is -2.38. The summed E-state index contributed by atoms with van der Waals surface area (Å²) in [5.74, 6) is -0.423. The van der Waals surface area contributed by atoms with Crippen molar-refractivity contribution >= 4 is 0 Å². The molecule has 0 aromatic heterocycles. The van der Waals surface area contributed by atoms with Crippen LogP contribution in [0.3, 0.4) is 0 Å². The van der Waals surface area contributed by atoms with E-state index in [1.54, 1.807) is 24.3 Å². The van der Waals surface area contributed by atoms with Gasteiger partial charge in [-0.05, 0) is 59.4 Å². The van der Waals surface area contributed by atoms with Gasteiger partial charge in [-0.1, -0.05) is 48.5 Å². The minimum atomic E-state index is -0.229. The van der Waals surface area contributed by atoms with Crippen LogP contribution in [0.15, 0.2) is 72.8 Å². The van der Waals surface area contributed by atoms with E-state index in [1.165, 1.54) is 12.1 Å². The summed E-state index contributed by atoms with van der Waals surface area (Å²) in [5.41, 5.74) is 3.95. The van der Waals surface area contributed by atoms with Crippen molar-refractivity contribution in [3.8, 4) is 11.1 Å². The van der Waals surface area contributed by atoms with Crippen LogP contribution < -0.4 is 5.32 Å². The third-order valence-corrected chi connectivity index (χ3v) is 5.79. The van der Waals surface area contributed by atoms with E-state index < -0.39 is 0 Å². The highest BCUT2D eigenvalue weighted by Crippen LogP contribution is 2.34. The molecule has 1 heterocycles. The molecule has 29 heavy (non-hydrogen) atoms. The van der Waals surface area contributed by atoms with Crippen LogP contribution in [0.4, 0.5) is 8.78 Å². The van der Waals surface area contributed by atoms with Crippen LogP contribution in [0.5, 0.6) is 0 Å². The molecule has 0 saturated carbocycles. The van der Waals surface area contributed by atoms with Gasteiger partial charge in [0.15, 0.2) is 0 Å². The fraction of sp³-hybridized carbons (Fsp3) is 0.280. The van der Waals surface area contributed by atoms with Gasteiger partial charge in [0.2, 0.25) is 0 Å². The second-order valence-electron chi connectivity index (χ2n) is 7.71. The molecule has 3 aromatic carbocycles. The molecule has 1 aliphatic rings. The van der Waals surface area contributed by atoms with Gasteiger partial charge >= 0.3 is 0 Å². The fourth-order valence-corrected chi connectivity index (χ4v) is 4.08. The van der Waals surface area contributed by atoms with Gasteiger partial charge in [-0.15, -0.1) is 0 Å². The molecule has 0 atom stereocenters. The monoisotopic (exact) mass is 393 g/mol. The molecular formula is C25H25F2NO. The van der Waals surface area contributed by atoms with E-state index in [2.05, 4.69) is 17.4 Å². The predicted molar refractivity (Wildman–Crippen MR) is 112 cm³/mol. The highest BCUT2D eigenvalue weighted by molar-refractivity contribution is 5.63. The van der Waals surface area contributed by atoms with E-state index >= 15 is 0 Å². The number of hydrogen-bond donors (Lipinski definition) is 1. The molecule has 3 aromatic rings. The van der Waals surface area contributed by atoms with Crippen molar-refractivity contribution in [3.63, 3.8) is 0 Å². The second-order valence-corrected chi connectivity index (χ2v) is 7.71. The number of ether oxygens (including phenoxy) is 1. The van der Waals surface area contributed by atoms with Crippen LogP contribution in [-0.2, 0) is 16.7 Å². The highest BCUT2D eigenvalue weighted by Gasteiger charge is 2.34. The van der Waals surface area contributed by atoms with Gasteiger partial charge < -0.3 is 10.1 Å². The zero-order valence-corrected chi connectivity index (χ0v) is 16.3. The Morgan fingerprint density at radius 2 is 1.48 bits per heavy atom. The van der Waals surface area contributed by atoms with E-state index in [0.29, 0.717) is 13.2 Å². The van der Waals surface area contributed by atoms with Crippen molar-refractivity contribution in [2.45, 2.75) is 24.8 Å². The van der Waals surface area contributed by atoms with Crippen LogP contribution >= 0.6 is 0 Å². The van der Waals surface area contributed by atoms with Gasteiger partial charge in [-0.2, -0.15) is 0 Å². The van der Waals surface area contributed by atoms with Crippen molar-refractivity contribution in [2.75, 3.05) is 19.8 Å². The van der Waals surface area contributed by atoms with Gasteiger partial charge in [0.25, 0.3) is 0 Å². The molecule has 1 saturated heterocycles. The standard InChI is InChI=1S/C25H25F2NO/c26-23-5-1-3-21(15-23)20-9-7-19(8-10-20)17-28-18-25(11-13-29-14-12-25)22-4-2-6-24(27)16-22/h1-10,15-16,28H,11-14,17-18H2. The predicted octanol–water partition coefficient (Wildman–Crippen LogP) is 5.47. The molecule has 0 amide bonds. The zero-order chi connectivity index (χ0) is 20.1. The van der Waals surface area contributed by atoms with Crippen LogP contribution in [0.25, 0.3) is 11.1 Å². The van der Waals surface area contributed by atoms with Gasteiger partial charge in [0, 0.05) is 31.7 Å². The zero-order valence-electron chi connectivity index (χ0n) is 16.3. The quantitative estimate of drug-likeness (QED) is 0.600. The molecular weight excluding hydrogens is 368 g/mol. The largest absolute Gasteiger partial charge is 0.381 e. The molecule has 0 radical (unpaired) electrons. The first-order chi connectivity index (χ1) is 14.1. The Hall–Kier alpha value is -2.56. The summed E-state index contributed by atoms with van der Waals surface area (Å²) >= 11 is 0. The topological polar surface area (TPSA) is 21.3 Å². The Morgan fingerprint density at radius 3 is 2.17 bits per heavy atom. The van der Waals surface area contributed by atoms with Crippen LogP contribution in [0.2, 0.25) is 0 Å². The minimum Gasteiger partial charge on any atom is -0.381 e. The second kappa shape index (κ2) is 8.85. The third-order valence-electron chi connectivity index (χ3n) is 5.79. The lowest BCUT2D eigenvalue weighted by atomic mass is 9.74. The molecule has 4 heteroatoms. The van der Waals surface area contributed by atoms with Gasteiger partial charge in [-0.3, -0.25) is 0 Å². The van der Waals surface area contributed by atoms with Crippen molar-refractivity contribution in [2.24, 2.45) is 0 Å². The maximum Gasteiger partial charge on any atom is 0.123 e. The summed E-state index contributed by atoms with van der Waals surface area (Å²) < 4.78 is 32.8. The van der Waals surface area contributed by atoms with E-state index in [-0.39, 0.29) is 17.0 Å². The average Bonchev–Trinajstić information content (AvgIpc) is 2.75. The molecule has 1 N–H and O–H groups in total. The van der Waals surface area contributed by atoms with Gasteiger partial charge in [0.05, 0.1) is 0 Å². The highest BCUT2D eigenvalue weighted by atomic mass is 19.1. The first kappa shape index (κ1) is 19.7. The average molecular weight is 393 g/mol. The van der Waals surface area contributed by atoms with Crippen LogP contribution in [-0.4, -0.2) is 19.8 Å². The molecule has 150 valence electrons. The minimum absolute atomic E-state index is 0.109. The van der Waals surface area contributed by atoms with Crippen molar-refractivity contribution in [1.82, 2.24) is 5.32 Å². The SMILES string of the molecule is Fc1cccc(-c2ccc(CNCC3(c4cccc(F)c4)CCOCC3)cc2)c1. The number of nitrogens with one attached hydrogen (secondary N) is 1. The Kier molecular flexibility index (Phi) is 6.02. The maximum absolute atomic E-state index is 13.8. The van der Waals surface area contributed by atoms with E-state index in [4.69, 9.17) is 4.74 Å². The van der Waals surface area contributed by atoms with Crippen molar-refractivity contribution in [1.29, 1.82) is 0 Å². The number of benzene rings is 3. The number of hydrogen-bond acceptors (Lipinski definition) is 2. The summed E-state index contributed by atoms with van der Waals surface area (Å²) in [6.07, 6.45) is 1.75. The third kappa shape index (κ3) is 4.72. The Bertz CT molecular complexity index is 949. The summed E-state index contributed by atoms with van der Waals surface area (Å²) in [6, 6.07) is 21.7. The Labute approximate surface area is 170 Å². The first-order valence-electron chi connectivity index (χ1n) is 10.0.